The summed E-state index contributed by atoms with van der Waals surface area (Å²) >= 11 is 0. The van der Waals surface area contributed by atoms with Crippen LogP contribution in [0.1, 0.15) is 34.3 Å². The Morgan fingerprint density at radius 3 is 1.85 bits per heavy atom. The number of amides is 1. The van der Waals surface area contributed by atoms with Crippen LogP contribution in [0.5, 0.6) is 0 Å². The number of likely N-dealkylation sites (tertiary alicyclic amines) is 1. The van der Waals surface area contributed by atoms with E-state index < -0.39 is 46.8 Å². The van der Waals surface area contributed by atoms with Crippen molar-refractivity contribution in [2.24, 2.45) is 17.8 Å². The van der Waals surface area contributed by atoms with Crippen LogP contribution in [0.15, 0.2) is 18.2 Å². The van der Waals surface area contributed by atoms with Crippen molar-refractivity contribution in [1.29, 1.82) is 0 Å². The van der Waals surface area contributed by atoms with Gasteiger partial charge in [0, 0.05) is 18.7 Å². The summed E-state index contributed by atoms with van der Waals surface area (Å²) in [7, 11) is 0. The van der Waals surface area contributed by atoms with Crippen molar-refractivity contribution in [3.63, 3.8) is 0 Å². The van der Waals surface area contributed by atoms with Crippen molar-refractivity contribution in [1.82, 2.24) is 4.90 Å². The van der Waals surface area contributed by atoms with Crippen molar-refractivity contribution in [2.45, 2.75) is 25.2 Å². The average Bonchev–Trinajstić information content (AvgIpc) is 3.30. The normalized spacial score (nSPS) is 23.6. The summed E-state index contributed by atoms with van der Waals surface area (Å²) in [6, 6.07) is 0.698. The number of rotatable bonds is 3. The molecule has 1 N–H and O–H groups in total. The maximum Gasteiger partial charge on any atom is 0.416 e. The Morgan fingerprint density at radius 2 is 1.44 bits per heavy atom. The zero-order chi connectivity index (χ0) is 20.1. The molecule has 0 radical (unpaired) electrons. The van der Waals surface area contributed by atoms with Crippen LogP contribution in [0.4, 0.5) is 26.3 Å². The topological polar surface area (TPSA) is 57.6 Å². The molecule has 2 atom stereocenters. The molecule has 1 aliphatic heterocycles. The third-order valence-corrected chi connectivity index (χ3v) is 5.03. The number of carbonyl (C=O) groups is 2. The lowest BCUT2D eigenvalue weighted by atomic mass is 9.92. The molecule has 0 spiro atoms. The number of hydrogen-bond acceptors (Lipinski definition) is 2. The Bertz CT molecular complexity index is 737. The van der Waals surface area contributed by atoms with Gasteiger partial charge in [-0.2, -0.15) is 26.3 Å². The Balaban J connectivity index is 1.93. The van der Waals surface area contributed by atoms with E-state index in [2.05, 4.69) is 0 Å². The van der Waals surface area contributed by atoms with E-state index in [9.17, 15) is 41.0 Å². The molecule has 1 amide bonds. The van der Waals surface area contributed by atoms with Gasteiger partial charge in [0.15, 0.2) is 0 Å². The highest BCUT2D eigenvalue weighted by atomic mass is 19.4. The SMILES string of the molecule is O=C(O)[C@H]1CN(C(=O)c2cc(C(F)(F)F)cc(C(F)(F)F)c2)C[C@@H]1C1CC1. The lowest BCUT2D eigenvalue weighted by molar-refractivity contribution is -0.144. The first-order valence-electron chi connectivity index (χ1n) is 8.19. The number of nitrogens with zero attached hydrogens (tertiary/aromatic N) is 1. The third kappa shape index (κ3) is 4.03. The van der Waals surface area contributed by atoms with Crippen LogP contribution >= 0.6 is 0 Å². The van der Waals surface area contributed by atoms with Crippen LogP contribution < -0.4 is 0 Å². The summed E-state index contributed by atoms with van der Waals surface area (Å²) in [5, 5.41) is 9.30. The van der Waals surface area contributed by atoms with Gasteiger partial charge in [-0.15, -0.1) is 0 Å². The quantitative estimate of drug-likeness (QED) is 0.790. The van der Waals surface area contributed by atoms with Crippen LogP contribution in [0, 0.1) is 17.8 Å². The summed E-state index contributed by atoms with van der Waals surface area (Å²) in [6.45, 7) is -0.217. The highest BCUT2D eigenvalue weighted by molar-refractivity contribution is 5.95. The first-order valence-corrected chi connectivity index (χ1v) is 8.19. The minimum absolute atomic E-state index is 0.0120. The number of carboxylic acid groups (broad SMARTS) is 1. The fourth-order valence-electron chi connectivity index (χ4n) is 3.52. The number of carboxylic acids is 1. The van der Waals surface area contributed by atoms with Crippen LogP contribution in [0.2, 0.25) is 0 Å². The zero-order valence-corrected chi connectivity index (χ0v) is 13.8. The fraction of sp³-hybridized carbons (Fsp3) is 0.529. The molecule has 1 saturated carbocycles. The van der Waals surface area contributed by atoms with Gasteiger partial charge in [0.2, 0.25) is 0 Å². The molecule has 2 aliphatic rings. The molecule has 2 fully saturated rings. The molecule has 1 aromatic rings. The predicted octanol–water partition coefficient (Wildman–Crippen LogP) is 3.91. The second-order valence-electron chi connectivity index (χ2n) is 6.95. The first-order chi connectivity index (χ1) is 12.4. The molecule has 0 aromatic heterocycles. The summed E-state index contributed by atoms with van der Waals surface area (Å²) in [6.07, 6.45) is -8.50. The van der Waals surface area contributed by atoms with Gasteiger partial charge in [-0.25, -0.2) is 0 Å². The first kappa shape index (κ1) is 19.5. The lowest BCUT2D eigenvalue weighted by Crippen LogP contribution is -2.30. The molecule has 1 aliphatic carbocycles. The molecule has 1 heterocycles. The van der Waals surface area contributed by atoms with E-state index in [1.54, 1.807) is 0 Å². The van der Waals surface area contributed by atoms with Crippen molar-refractivity contribution in [2.75, 3.05) is 13.1 Å². The van der Waals surface area contributed by atoms with Crippen LogP contribution in [-0.2, 0) is 17.1 Å². The van der Waals surface area contributed by atoms with Crippen molar-refractivity contribution >= 4 is 11.9 Å². The monoisotopic (exact) mass is 395 g/mol. The molecular formula is C17H15F6NO3. The number of halogens is 6. The molecule has 0 bridgehead atoms. The maximum atomic E-state index is 13.0. The number of aliphatic carboxylic acids is 1. The van der Waals surface area contributed by atoms with Crippen molar-refractivity contribution in [3.8, 4) is 0 Å². The number of carbonyl (C=O) groups excluding carboxylic acids is 1. The fourth-order valence-corrected chi connectivity index (χ4v) is 3.52. The summed E-state index contributed by atoms with van der Waals surface area (Å²) < 4.78 is 77.7. The predicted molar refractivity (Wildman–Crippen MR) is 79.7 cm³/mol. The largest absolute Gasteiger partial charge is 0.481 e. The van der Waals surface area contributed by atoms with Gasteiger partial charge < -0.3 is 10.0 Å². The van der Waals surface area contributed by atoms with Gasteiger partial charge in [0.1, 0.15) is 0 Å². The highest BCUT2D eigenvalue weighted by Crippen LogP contribution is 2.44. The van der Waals surface area contributed by atoms with Crippen molar-refractivity contribution in [3.05, 3.63) is 34.9 Å². The highest BCUT2D eigenvalue weighted by Gasteiger charge is 2.47. The summed E-state index contributed by atoms with van der Waals surface area (Å²) in [5.41, 5.74) is -3.90. The second-order valence-corrected chi connectivity index (χ2v) is 6.95. The van der Waals surface area contributed by atoms with Crippen LogP contribution in [-0.4, -0.2) is 35.0 Å². The number of benzene rings is 1. The second kappa shape index (κ2) is 6.42. The molecule has 0 unspecified atom stereocenters. The van der Waals surface area contributed by atoms with E-state index in [0.29, 0.717) is 12.1 Å². The van der Waals surface area contributed by atoms with Crippen molar-refractivity contribution < 1.29 is 41.0 Å². The Kier molecular flexibility index (Phi) is 4.63. The molecule has 1 saturated heterocycles. The van der Waals surface area contributed by atoms with E-state index >= 15 is 0 Å². The van der Waals surface area contributed by atoms with Gasteiger partial charge in [-0.1, -0.05) is 0 Å². The van der Waals surface area contributed by atoms with E-state index in [1.807, 2.05) is 0 Å². The molecule has 1 aromatic carbocycles. The third-order valence-electron chi connectivity index (χ3n) is 5.03. The smallest absolute Gasteiger partial charge is 0.416 e. The van der Waals surface area contributed by atoms with Crippen LogP contribution in [0.25, 0.3) is 0 Å². The summed E-state index contributed by atoms with van der Waals surface area (Å²) in [4.78, 5) is 25.0. The standard InChI is InChI=1S/C17H15F6NO3/c18-16(19,20)10-3-9(4-11(5-10)17(21,22)23)14(25)24-6-12(8-1-2-8)13(7-24)15(26)27/h3-5,8,12-13H,1-2,6-7H2,(H,26,27)/t12-,13+/m1/s1. The average molecular weight is 395 g/mol. The zero-order valence-electron chi connectivity index (χ0n) is 13.8. The van der Waals surface area contributed by atoms with Gasteiger partial charge in [0.05, 0.1) is 17.0 Å². The van der Waals surface area contributed by atoms with Gasteiger partial charge >= 0.3 is 18.3 Å². The van der Waals surface area contributed by atoms with E-state index in [-0.39, 0.29) is 31.0 Å². The minimum Gasteiger partial charge on any atom is -0.481 e. The van der Waals surface area contributed by atoms with Gasteiger partial charge in [0.25, 0.3) is 5.91 Å². The molecule has 3 rings (SSSR count). The Morgan fingerprint density at radius 1 is 0.926 bits per heavy atom. The lowest BCUT2D eigenvalue weighted by Gasteiger charge is -2.19. The Labute approximate surface area is 149 Å². The number of alkyl halides is 6. The number of hydrogen-bond donors (Lipinski definition) is 1. The molecular weight excluding hydrogens is 380 g/mol. The summed E-state index contributed by atoms with van der Waals surface area (Å²) in [5.74, 6) is -3.23. The van der Waals surface area contributed by atoms with Gasteiger partial charge in [-0.3, -0.25) is 9.59 Å². The van der Waals surface area contributed by atoms with E-state index in [1.165, 1.54) is 0 Å². The molecule has 27 heavy (non-hydrogen) atoms. The minimum atomic E-state index is -5.05. The van der Waals surface area contributed by atoms with E-state index in [4.69, 9.17) is 0 Å². The van der Waals surface area contributed by atoms with E-state index in [0.717, 1.165) is 17.7 Å². The maximum absolute atomic E-state index is 13.0. The Hall–Kier alpha value is -2.26. The van der Waals surface area contributed by atoms with Gasteiger partial charge in [-0.05, 0) is 42.9 Å². The van der Waals surface area contributed by atoms with Crippen LogP contribution in [0.3, 0.4) is 0 Å². The molecule has 4 nitrogen and oxygen atoms in total. The molecule has 148 valence electrons. The molecule has 10 heteroatoms.